The molecule has 7 heteroatoms. The van der Waals surface area contributed by atoms with E-state index in [2.05, 4.69) is 15.3 Å². The minimum absolute atomic E-state index is 0.562. The third-order valence-electron chi connectivity index (χ3n) is 3.10. The summed E-state index contributed by atoms with van der Waals surface area (Å²) in [6.45, 7) is 4.01. The monoisotopic (exact) mass is 325 g/mol. The Morgan fingerprint density at radius 2 is 2.29 bits per heavy atom. The maximum absolute atomic E-state index is 11.4. The zero-order valence-corrected chi connectivity index (χ0v) is 14.0. The Labute approximate surface area is 132 Å². The highest BCUT2D eigenvalue weighted by atomic mass is 32.2. The molecule has 0 radical (unpaired) electrons. The normalized spacial score (nSPS) is 12.5. The first-order valence-corrected chi connectivity index (χ1v) is 9.01. The molecule has 1 atom stereocenters. The average Bonchev–Trinajstić information content (AvgIpc) is 2.83. The molecule has 0 bridgehead atoms. The van der Waals surface area contributed by atoms with Crippen LogP contribution in [0, 0.1) is 6.92 Å². The maximum Gasteiger partial charge on any atom is 0.326 e. The summed E-state index contributed by atoms with van der Waals surface area (Å²) in [6, 6.07) is 1.38. The van der Waals surface area contributed by atoms with Crippen LogP contribution < -0.4 is 5.32 Å². The number of hydrogen-bond donors (Lipinski definition) is 2. The number of fused-ring (bicyclic) bond motifs is 1. The first-order chi connectivity index (χ1) is 10.0. The van der Waals surface area contributed by atoms with E-state index in [4.69, 9.17) is 0 Å². The van der Waals surface area contributed by atoms with E-state index in [1.54, 1.807) is 23.1 Å². The number of carboxylic acid groups (broad SMARTS) is 1. The first-order valence-electron chi connectivity index (χ1n) is 6.80. The molecule has 114 valence electrons. The predicted octanol–water partition coefficient (Wildman–Crippen LogP) is 3.18. The number of hydrogen-bond acceptors (Lipinski definition) is 6. The average molecular weight is 325 g/mol. The quantitative estimate of drug-likeness (QED) is 0.814. The SMILES string of the molecule is CCc1nc(N[C@H](CCSC)C(=O)O)c2cc(C)sc2n1. The van der Waals surface area contributed by atoms with Gasteiger partial charge in [-0.2, -0.15) is 11.8 Å². The number of rotatable bonds is 7. The van der Waals surface area contributed by atoms with Crippen molar-refractivity contribution in [3.05, 3.63) is 16.8 Å². The van der Waals surface area contributed by atoms with Crippen LogP contribution in [0.3, 0.4) is 0 Å². The van der Waals surface area contributed by atoms with E-state index in [1.807, 2.05) is 26.2 Å². The Kier molecular flexibility index (Phi) is 5.41. The molecular formula is C14H19N3O2S2. The third kappa shape index (κ3) is 3.85. The first kappa shape index (κ1) is 16.0. The fourth-order valence-electron chi connectivity index (χ4n) is 2.01. The number of aliphatic carboxylic acids is 1. The molecule has 2 N–H and O–H groups in total. The van der Waals surface area contributed by atoms with Gasteiger partial charge in [0.15, 0.2) is 0 Å². The topological polar surface area (TPSA) is 75.1 Å². The number of anilines is 1. The van der Waals surface area contributed by atoms with Crippen molar-refractivity contribution in [1.29, 1.82) is 0 Å². The lowest BCUT2D eigenvalue weighted by Crippen LogP contribution is -2.30. The highest BCUT2D eigenvalue weighted by Crippen LogP contribution is 2.29. The number of aromatic nitrogens is 2. The van der Waals surface area contributed by atoms with E-state index in [9.17, 15) is 9.90 Å². The van der Waals surface area contributed by atoms with Gasteiger partial charge in [0.2, 0.25) is 0 Å². The molecule has 0 saturated carbocycles. The van der Waals surface area contributed by atoms with Crippen LogP contribution >= 0.6 is 23.1 Å². The summed E-state index contributed by atoms with van der Waals surface area (Å²) in [6.07, 6.45) is 3.26. The van der Waals surface area contributed by atoms with E-state index < -0.39 is 12.0 Å². The van der Waals surface area contributed by atoms with E-state index in [1.165, 1.54) is 0 Å². The molecule has 0 aliphatic carbocycles. The minimum Gasteiger partial charge on any atom is -0.480 e. The Bertz CT molecular complexity index is 642. The number of carbonyl (C=O) groups is 1. The van der Waals surface area contributed by atoms with Crippen molar-refractivity contribution in [3.8, 4) is 0 Å². The van der Waals surface area contributed by atoms with E-state index in [0.29, 0.717) is 12.2 Å². The van der Waals surface area contributed by atoms with Crippen molar-refractivity contribution in [2.45, 2.75) is 32.7 Å². The summed E-state index contributed by atoms with van der Waals surface area (Å²) in [5, 5.41) is 13.3. The number of nitrogens with zero attached hydrogens (tertiary/aromatic N) is 2. The number of thiophene rings is 1. The maximum atomic E-state index is 11.4. The van der Waals surface area contributed by atoms with Crippen LogP contribution in [0.2, 0.25) is 0 Å². The fraction of sp³-hybridized carbons (Fsp3) is 0.500. The number of thioether (sulfide) groups is 1. The third-order valence-corrected chi connectivity index (χ3v) is 4.69. The molecule has 2 aromatic rings. The van der Waals surface area contributed by atoms with E-state index in [0.717, 1.165) is 33.1 Å². The lowest BCUT2D eigenvalue weighted by atomic mass is 10.2. The second-order valence-electron chi connectivity index (χ2n) is 4.73. The molecule has 2 heterocycles. The number of nitrogens with one attached hydrogen (secondary N) is 1. The number of carboxylic acids is 1. The molecule has 0 unspecified atom stereocenters. The summed E-state index contributed by atoms with van der Waals surface area (Å²) in [4.78, 5) is 22.4. The smallest absolute Gasteiger partial charge is 0.326 e. The van der Waals surface area contributed by atoms with E-state index in [-0.39, 0.29) is 0 Å². The summed E-state index contributed by atoms with van der Waals surface area (Å²) >= 11 is 3.25. The molecular weight excluding hydrogens is 306 g/mol. The molecule has 0 amide bonds. The van der Waals surface area contributed by atoms with Crippen molar-refractivity contribution in [2.75, 3.05) is 17.3 Å². The Morgan fingerprint density at radius 1 is 1.52 bits per heavy atom. The van der Waals surface area contributed by atoms with Crippen molar-refractivity contribution < 1.29 is 9.90 Å². The molecule has 0 saturated heterocycles. The van der Waals surface area contributed by atoms with Gasteiger partial charge < -0.3 is 10.4 Å². The van der Waals surface area contributed by atoms with Crippen molar-refractivity contribution >= 4 is 45.1 Å². The van der Waals surface area contributed by atoms with Crippen molar-refractivity contribution in [3.63, 3.8) is 0 Å². The van der Waals surface area contributed by atoms with Crippen LogP contribution in [-0.4, -0.2) is 39.1 Å². The molecule has 2 rings (SSSR count). The van der Waals surface area contributed by atoms with Gasteiger partial charge in [-0.3, -0.25) is 0 Å². The van der Waals surface area contributed by atoms with Gasteiger partial charge in [0.25, 0.3) is 0 Å². The van der Waals surface area contributed by atoms with Crippen LogP contribution in [0.15, 0.2) is 6.07 Å². The van der Waals surface area contributed by atoms with Gasteiger partial charge in [-0.1, -0.05) is 6.92 Å². The molecule has 21 heavy (non-hydrogen) atoms. The molecule has 0 aliphatic rings. The zero-order chi connectivity index (χ0) is 15.4. The van der Waals surface area contributed by atoms with Gasteiger partial charge in [0.05, 0.1) is 5.39 Å². The van der Waals surface area contributed by atoms with Gasteiger partial charge >= 0.3 is 5.97 Å². The van der Waals surface area contributed by atoms with Gasteiger partial charge in [-0.25, -0.2) is 14.8 Å². The fourth-order valence-corrected chi connectivity index (χ4v) is 3.38. The molecule has 2 aromatic heterocycles. The highest BCUT2D eigenvalue weighted by molar-refractivity contribution is 7.98. The zero-order valence-electron chi connectivity index (χ0n) is 12.3. The van der Waals surface area contributed by atoms with Gasteiger partial charge in [-0.05, 0) is 31.4 Å². The van der Waals surface area contributed by atoms with Gasteiger partial charge in [0, 0.05) is 11.3 Å². The van der Waals surface area contributed by atoms with Crippen LogP contribution in [0.1, 0.15) is 24.0 Å². The molecule has 0 spiro atoms. The molecule has 5 nitrogen and oxygen atoms in total. The summed E-state index contributed by atoms with van der Waals surface area (Å²) in [5.41, 5.74) is 0. The van der Waals surface area contributed by atoms with Crippen LogP contribution in [0.5, 0.6) is 0 Å². The second-order valence-corrected chi connectivity index (χ2v) is 6.95. The predicted molar refractivity (Wildman–Crippen MR) is 89.6 cm³/mol. The van der Waals surface area contributed by atoms with Crippen molar-refractivity contribution in [1.82, 2.24) is 9.97 Å². The second kappa shape index (κ2) is 7.09. The lowest BCUT2D eigenvalue weighted by molar-refractivity contribution is -0.137. The summed E-state index contributed by atoms with van der Waals surface area (Å²) in [5.74, 6) is 1.32. The highest BCUT2D eigenvalue weighted by Gasteiger charge is 2.19. The largest absolute Gasteiger partial charge is 0.480 e. The molecule has 0 fully saturated rings. The Morgan fingerprint density at radius 3 is 2.90 bits per heavy atom. The van der Waals surface area contributed by atoms with Crippen LogP contribution in [0.4, 0.5) is 5.82 Å². The van der Waals surface area contributed by atoms with Crippen LogP contribution in [-0.2, 0) is 11.2 Å². The standard InChI is InChI=1S/C14H19N3O2S2/c1-4-11-16-12(9-7-8(2)21-13(9)17-11)15-10(14(18)19)5-6-20-3/h7,10H,4-6H2,1-3H3,(H,18,19)(H,15,16,17)/t10-/m1/s1. The summed E-state index contributed by atoms with van der Waals surface area (Å²) in [7, 11) is 0. The van der Waals surface area contributed by atoms with Gasteiger partial charge in [-0.15, -0.1) is 11.3 Å². The van der Waals surface area contributed by atoms with Crippen molar-refractivity contribution in [2.24, 2.45) is 0 Å². The van der Waals surface area contributed by atoms with Gasteiger partial charge in [0.1, 0.15) is 22.5 Å². The minimum atomic E-state index is -0.846. The Balaban J connectivity index is 2.36. The Hall–Kier alpha value is -1.34. The lowest BCUT2D eigenvalue weighted by Gasteiger charge is -2.15. The molecule has 0 aliphatic heterocycles. The molecule has 0 aromatic carbocycles. The number of aryl methyl sites for hydroxylation is 2. The van der Waals surface area contributed by atoms with E-state index >= 15 is 0 Å². The van der Waals surface area contributed by atoms with Crippen LogP contribution in [0.25, 0.3) is 10.2 Å². The summed E-state index contributed by atoms with van der Waals surface area (Å²) < 4.78 is 0.